The fourth-order valence-electron chi connectivity index (χ4n) is 2.67. The highest BCUT2D eigenvalue weighted by Gasteiger charge is 2.30. The summed E-state index contributed by atoms with van der Waals surface area (Å²) in [5, 5.41) is 8.28. The predicted molar refractivity (Wildman–Crippen MR) is 96.5 cm³/mol. The van der Waals surface area contributed by atoms with Crippen molar-refractivity contribution in [3.05, 3.63) is 51.7 Å². The van der Waals surface area contributed by atoms with Crippen molar-refractivity contribution in [3.63, 3.8) is 0 Å². The molecule has 1 aliphatic heterocycles. The van der Waals surface area contributed by atoms with Crippen LogP contribution >= 0.6 is 22.9 Å². The number of halogens is 1. The number of carbonyl (C=O) groups is 2. The molecule has 0 spiro atoms. The molecule has 0 unspecified atom stereocenters. The number of carbonyl (C=O) groups excluding carboxylic acids is 2. The third kappa shape index (κ3) is 4.27. The Kier molecular flexibility index (Phi) is 5.37. The highest BCUT2D eigenvalue weighted by molar-refractivity contribution is 7.09. The average Bonchev–Trinajstić information content (AvgIpc) is 3.21. The van der Waals surface area contributed by atoms with Gasteiger partial charge in [-0.15, -0.1) is 11.3 Å². The van der Waals surface area contributed by atoms with Crippen LogP contribution in [-0.2, 0) is 11.3 Å². The zero-order valence-electron chi connectivity index (χ0n) is 13.0. The maximum atomic E-state index is 12.2. The van der Waals surface area contributed by atoms with Crippen LogP contribution in [0.15, 0.2) is 41.8 Å². The summed E-state index contributed by atoms with van der Waals surface area (Å²) in [7, 11) is 0. The summed E-state index contributed by atoms with van der Waals surface area (Å²) in [5.74, 6) is 0.184. The topological polar surface area (TPSA) is 61.4 Å². The van der Waals surface area contributed by atoms with Gasteiger partial charge in [0.25, 0.3) is 0 Å². The Morgan fingerprint density at radius 2 is 2.04 bits per heavy atom. The molecule has 3 amide bonds. The highest BCUT2D eigenvalue weighted by atomic mass is 35.5. The number of benzene rings is 1. The molecule has 0 saturated carbocycles. The molecule has 1 aliphatic rings. The number of nitrogens with one attached hydrogen (secondary N) is 2. The van der Waals surface area contributed by atoms with Gasteiger partial charge >= 0.3 is 6.03 Å². The molecule has 7 heteroatoms. The molecule has 0 radical (unpaired) electrons. The second-order valence-corrected chi connectivity index (χ2v) is 7.16. The molecular formula is C17H18ClN3O2S. The number of amides is 3. The summed E-state index contributed by atoms with van der Waals surface area (Å²) in [6.45, 7) is 1.60. The first kappa shape index (κ1) is 16.8. The van der Waals surface area contributed by atoms with Crippen molar-refractivity contribution >= 4 is 40.6 Å². The molecule has 2 heterocycles. The molecule has 1 aromatic heterocycles. The van der Waals surface area contributed by atoms with E-state index in [1.54, 1.807) is 28.4 Å². The normalized spacial score (nSPS) is 17.1. The van der Waals surface area contributed by atoms with Gasteiger partial charge < -0.3 is 15.5 Å². The fourth-order valence-corrected chi connectivity index (χ4v) is 3.44. The van der Waals surface area contributed by atoms with Gasteiger partial charge in [0.2, 0.25) is 5.91 Å². The van der Waals surface area contributed by atoms with Gasteiger partial charge in [-0.25, -0.2) is 4.79 Å². The summed E-state index contributed by atoms with van der Waals surface area (Å²) in [6.07, 6.45) is 0.438. The molecule has 0 aliphatic carbocycles. The van der Waals surface area contributed by atoms with Crippen LogP contribution in [0.5, 0.6) is 0 Å². The first-order chi connectivity index (χ1) is 11.6. The van der Waals surface area contributed by atoms with Gasteiger partial charge in [-0.1, -0.05) is 17.7 Å². The summed E-state index contributed by atoms with van der Waals surface area (Å²) in [4.78, 5) is 26.8. The smallest absolute Gasteiger partial charge is 0.315 e. The second kappa shape index (κ2) is 7.68. The SMILES string of the molecule is O=C(NCc1cccs1)NC[C@@H]1CC(=O)N(c2ccc(Cl)cc2)C1. The van der Waals surface area contributed by atoms with Crippen LogP contribution in [-0.4, -0.2) is 25.0 Å². The Hall–Kier alpha value is -2.05. The van der Waals surface area contributed by atoms with Gasteiger partial charge in [0.05, 0.1) is 6.54 Å². The molecule has 3 rings (SSSR count). The lowest BCUT2D eigenvalue weighted by atomic mass is 10.1. The van der Waals surface area contributed by atoms with E-state index in [9.17, 15) is 9.59 Å². The van der Waals surface area contributed by atoms with Gasteiger partial charge in [-0.2, -0.15) is 0 Å². The summed E-state index contributed by atoms with van der Waals surface area (Å²) < 4.78 is 0. The maximum Gasteiger partial charge on any atom is 0.315 e. The van der Waals surface area contributed by atoms with E-state index in [2.05, 4.69) is 10.6 Å². The lowest BCUT2D eigenvalue weighted by Gasteiger charge is -2.17. The standard InChI is InChI=1S/C17H18ClN3O2S/c18-13-3-5-14(6-4-13)21-11-12(8-16(21)22)9-19-17(23)20-10-15-2-1-7-24-15/h1-7,12H,8-11H2,(H2,19,20,23)/t12-/m0/s1. The Labute approximate surface area is 149 Å². The van der Waals surface area contributed by atoms with Gasteiger partial charge in [0, 0.05) is 41.0 Å². The average molecular weight is 364 g/mol. The molecule has 1 atom stereocenters. The van der Waals surface area contributed by atoms with Crippen molar-refractivity contribution in [2.24, 2.45) is 5.92 Å². The number of nitrogens with zero attached hydrogens (tertiary/aromatic N) is 1. The lowest BCUT2D eigenvalue weighted by Crippen LogP contribution is -2.38. The van der Waals surface area contributed by atoms with Crippen LogP contribution in [0.25, 0.3) is 0 Å². The first-order valence-corrected chi connectivity index (χ1v) is 8.97. The van der Waals surface area contributed by atoms with E-state index in [0.717, 1.165) is 10.6 Å². The largest absolute Gasteiger partial charge is 0.338 e. The monoisotopic (exact) mass is 363 g/mol. The fraction of sp³-hybridized carbons (Fsp3) is 0.294. The quantitative estimate of drug-likeness (QED) is 0.856. The van der Waals surface area contributed by atoms with E-state index < -0.39 is 0 Å². The van der Waals surface area contributed by atoms with Crippen LogP contribution in [0.4, 0.5) is 10.5 Å². The van der Waals surface area contributed by atoms with E-state index in [0.29, 0.717) is 31.1 Å². The number of urea groups is 1. The highest BCUT2D eigenvalue weighted by Crippen LogP contribution is 2.25. The van der Waals surface area contributed by atoms with Crippen LogP contribution in [0, 0.1) is 5.92 Å². The minimum atomic E-state index is -0.208. The summed E-state index contributed by atoms with van der Waals surface area (Å²) in [5.41, 5.74) is 0.842. The Morgan fingerprint density at radius 1 is 1.25 bits per heavy atom. The zero-order valence-corrected chi connectivity index (χ0v) is 14.6. The number of hydrogen-bond acceptors (Lipinski definition) is 3. The van der Waals surface area contributed by atoms with Crippen molar-refractivity contribution in [2.45, 2.75) is 13.0 Å². The molecule has 126 valence electrons. The lowest BCUT2D eigenvalue weighted by molar-refractivity contribution is -0.117. The van der Waals surface area contributed by atoms with Crippen molar-refractivity contribution in [1.82, 2.24) is 10.6 Å². The summed E-state index contributed by atoms with van der Waals surface area (Å²) in [6, 6.07) is 10.9. The third-order valence-electron chi connectivity index (χ3n) is 3.90. The number of rotatable bonds is 5. The predicted octanol–water partition coefficient (Wildman–Crippen LogP) is 3.25. The van der Waals surface area contributed by atoms with E-state index in [-0.39, 0.29) is 17.9 Å². The molecule has 1 aromatic carbocycles. The minimum Gasteiger partial charge on any atom is -0.338 e. The van der Waals surface area contributed by atoms with Crippen LogP contribution in [0.3, 0.4) is 0 Å². The van der Waals surface area contributed by atoms with Gasteiger partial charge in [-0.05, 0) is 35.7 Å². The van der Waals surface area contributed by atoms with Crippen LogP contribution in [0.1, 0.15) is 11.3 Å². The van der Waals surface area contributed by atoms with E-state index in [1.807, 2.05) is 29.6 Å². The Bertz CT molecular complexity index is 703. The van der Waals surface area contributed by atoms with E-state index >= 15 is 0 Å². The molecule has 1 saturated heterocycles. The number of hydrogen-bond donors (Lipinski definition) is 2. The Morgan fingerprint density at radius 3 is 2.75 bits per heavy atom. The van der Waals surface area contributed by atoms with Crippen molar-refractivity contribution in [2.75, 3.05) is 18.0 Å². The number of anilines is 1. The molecule has 1 fully saturated rings. The first-order valence-electron chi connectivity index (χ1n) is 7.72. The minimum absolute atomic E-state index is 0.0723. The zero-order chi connectivity index (χ0) is 16.9. The van der Waals surface area contributed by atoms with Gasteiger partial charge in [0.15, 0.2) is 0 Å². The molecule has 0 bridgehead atoms. The molecule has 2 aromatic rings. The molecule has 5 nitrogen and oxygen atoms in total. The van der Waals surface area contributed by atoms with Gasteiger partial charge in [0.1, 0.15) is 0 Å². The Balaban J connectivity index is 1.45. The van der Waals surface area contributed by atoms with Crippen molar-refractivity contribution in [3.8, 4) is 0 Å². The van der Waals surface area contributed by atoms with E-state index in [1.165, 1.54) is 0 Å². The maximum absolute atomic E-state index is 12.2. The van der Waals surface area contributed by atoms with Crippen LogP contribution in [0.2, 0.25) is 5.02 Å². The molecular weight excluding hydrogens is 346 g/mol. The number of thiophene rings is 1. The molecule has 24 heavy (non-hydrogen) atoms. The summed E-state index contributed by atoms with van der Waals surface area (Å²) >= 11 is 7.48. The van der Waals surface area contributed by atoms with Gasteiger partial charge in [-0.3, -0.25) is 4.79 Å². The van der Waals surface area contributed by atoms with Crippen molar-refractivity contribution in [1.29, 1.82) is 0 Å². The second-order valence-electron chi connectivity index (χ2n) is 5.69. The molecule has 2 N–H and O–H groups in total. The third-order valence-corrected chi connectivity index (χ3v) is 5.03. The van der Waals surface area contributed by atoms with Crippen LogP contribution < -0.4 is 15.5 Å². The van der Waals surface area contributed by atoms with Crippen molar-refractivity contribution < 1.29 is 9.59 Å². The van der Waals surface area contributed by atoms with E-state index in [4.69, 9.17) is 11.6 Å².